The Hall–Kier alpha value is -3.13. The first-order chi connectivity index (χ1) is 18.5. The zero-order valence-electron chi connectivity index (χ0n) is 22.3. The molecule has 0 bridgehead atoms. The molecular weight excluding hydrogens is 482 g/mol. The molecule has 1 aliphatic carbocycles. The summed E-state index contributed by atoms with van der Waals surface area (Å²) in [6.45, 7) is 1.83. The molecule has 0 spiro atoms. The lowest BCUT2D eigenvalue weighted by atomic mass is 9.76. The quantitative estimate of drug-likeness (QED) is 0.316. The lowest BCUT2D eigenvalue weighted by Gasteiger charge is -2.29. The van der Waals surface area contributed by atoms with Gasteiger partial charge in [-0.05, 0) is 93.2 Å². The van der Waals surface area contributed by atoms with E-state index in [2.05, 4.69) is 11.2 Å². The van der Waals surface area contributed by atoms with E-state index in [1.807, 2.05) is 23.1 Å². The highest BCUT2D eigenvalue weighted by molar-refractivity contribution is 6.00. The number of amides is 1. The molecule has 1 saturated carbocycles. The van der Waals surface area contributed by atoms with Crippen molar-refractivity contribution >= 4 is 17.6 Å². The van der Waals surface area contributed by atoms with E-state index in [0.29, 0.717) is 36.2 Å². The third kappa shape index (κ3) is 7.69. The maximum absolute atomic E-state index is 13.6. The number of nitrogens with two attached hydrogens (primary N) is 1. The summed E-state index contributed by atoms with van der Waals surface area (Å²) in [5.74, 6) is -0.130. The van der Waals surface area contributed by atoms with Gasteiger partial charge in [0.1, 0.15) is 11.9 Å². The summed E-state index contributed by atoms with van der Waals surface area (Å²) in [6, 6.07) is 3.32. The third-order valence-electron chi connectivity index (χ3n) is 7.57. The van der Waals surface area contributed by atoms with Crippen LogP contribution in [0, 0.1) is 0 Å². The number of cyclic esters (lactones) is 1. The number of ether oxygens (including phenoxy) is 1. The monoisotopic (exact) mass is 523 g/mol. The van der Waals surface area contributed by atoms with Crippen LogP contribution in [-0.4, -0.2) is 59.9 Å². The highest BCUT2D eigenvalue weighted by atomic mass is 16.6. The maximum atomic E-state index is 13.6. The molecule has 8 nitrogen and oxygen atoms in total. The molecular formula is C30H41N3O5. The second kappa shape index (κ2) is 14.1. The van der Waals surface area contributed by atoms with Gasteiger partial charge in [-0.25, -0.2) is 4.79 Å². The van der Waals surface area contributed by atoms with Gasteiger partial charge in [-0.1, -0.05) is 29.8 Å². The van der Waals surface area contributed by atoms with Crippen LogP contribution in [0.1, 0.15) is 91.6 Å². The van der Waals surface area contributed by atoms with Gasteiger partial charge >= 0.3 is 5.97 Å². The molecule has 38 heavy (non-hydrogen) atoms. The van der Waals surface area contributed by atoms with Crippen LogP contribution >= 0.6 is 0 Å². The van der Waals surface area contributed by atoms with Crippen LogP contribution in [0.25, 0.3) is 0 Å². The van der Waals surface area contributed by atoms with E-state index in [1.54, 1.807) is 12.1 Å². The predicted octanol–water partition coefficient (Wildman–Crippen LogP) is 4.76. The Balaban J connectivity index is 1.62. The molecule has 1 atom stereocenters. The van der Waals surface area contributed by atoms with Gasteiger partial charge < -0.3 is 25.3 Å². The second-order valence-electron chi connectivity index (χ2n) is 10.5. The lowest BCUT2D eigenvalue weighted by molar-refractivity contribution is -0.137. The topological polar surface area (TPSA) is 114 Å². The van der Waals surface area contributed by atoms with Crippen molar-refractivity contribution in [2.75, 3.05) is 26.2 Å². The van der Waals surface area contributed by atoms with Gasteiger partial charge in [0.25, 0.3) is 5.91 Å². The first-order valence-corrected chi connectivity index (χ1v) is 14.1. The Morgan fingerprint density at radius 2 is 1.89 bits per heavy atom. The van der Waals surface area contributed by atoms with Crippen molar-refractivity contribution in [2.45, 2.75) is 82.7 Å². The number of rotatable bonds is 6. The van der Waals surface area contributed by atoms with E-state index in [9.17, 15) is 14.7 Å². The van der Waals surface area contributed by atoms with Gasteiger partial charge in [0.15, 0.2) is 6.61 Å². The number of oxime groups is 1. The van der Waals surface area contributed by atoms with E-state index >= 15 is 0 Å². The Bertz CT molecular complexity index is 1050. The van der Waals surface area contributed by atoms with Crippen molar-refractivity contribution in [3.8, 4) is 5.75 Å². The Morgan fingerprint density at radius 1 is 1.11 bits per heavy atom. The van der Waals surface area contributed by atoms with E-state index in [1.165, 1.54) is 0 Å². The summed E-state index contributed by atoms with van der Waals surface area (Å²) in [5.41, 5.74) is 8.36. The molecule has 2 fully saturated rings. The van der Waals surface area contributed by atoms with Gasteiger partial charge in [-0.15, -0.1) is 0 Å². The number of piperidine rings is 1. The fourth-order valence-electron chi connectivity index (χ4n) is 5.26. The van der Waals surface area contributed by atoms with Gasteiger partial charge in [-0.3, -0.25) is 4.79 Å². The minimum atomic E-state index is -0.393. The molecule has 4 rings (SSSR count). The number of hydrogen-bond acceptors (Lipinski definition) is 7. The van der Waals surface area contributed by atoms with Gasteiger partial charge in [0, 0.05) is 25.9 Å². The van der Waals surface area contributed by atoms with Crippen LogP contribution in [0.2, 0.25) is 0 Å². The number of carbonyl (C=O) groups is 2. The fourth-order valence-corrected chi connectivity index (χ4v) is 5.26. The van der Waals surface area contributed by atoms with Crippen LogP contribution < -0.4 is 5.73 Å². The highest BCUT2D eigenvalue weighted by Gasteiger charge is 2.30. The van der Waals surface area contributed by atoms with Crippen molar-refractivity contribution in [3.63, 3.8) is 0 Å². The molecule has 2 aliphatic heterocycles. The molecule has 1 aromatic rings. The SMILES string of the molecule is NCCC1C/C=C/CC/C=C/C(=N\OCC(=O)N2CCCCC2)Cc2cc(O)cc(C3CCC3)c2C(=O)O1. The number of carbonyl (C=O) groups excluding carboxylic acids is 2. The Kier molecular flexibility index (Phi) is 10.4. The van der Waals surface area contributed by atoms with E-state index in [-0.39, 0.29) is 36.7 Å². The molecule has 1 aromatic carbocycles. The summed E-state index contributed by atoms with van der Waals surface area (Å²) in [5, 5.41) is 14.9. The number of hydrogen-bond donors (Lipinski definition) is 2. The number of nitrogens with zero attached hydrogens (tertiary/aromatic N) is 2. The number of phenols is 1. The second-order valence-corrected chi connectivity index (χ2v) is 10.5. The standard InChI is InChI=1S/C30H41N3O5/c31-15-14-26-13-6-3-1-2-5-12-24(32-37-21-28(35)33-16-7-4-8-17-33)18-23-19-25(34)20-27(22-10-9-11-22)29(23)30(36)38-26/h3,5-6,12,19-20,22,26,34H,1-2,4,7-11,13-18,21,31H2/b6-3+,12-5+,32-24+. The molecule has 3 aliphatic rings. The van der Waals surface area contributed by atoms with Crippen molar-refractivity contribution in [3.05, 3.63) is 53.1 Å². The van der Waals surface area contributed by atoms with Crippen molar-refractivity contribution < 1.29 is 24.3 Å². The fraction of sp³-hybridized carbons (Fsp3) is 0.567. The minimum Gasteiger partial charge on any atom is -0.508 e. The maximum Gasteiger partial charge on any atom is 0.339 e. The van der Waals surface area contributed by atoms with E-state index < -0.39 is 5.97 Å². The third-order valence-corrected chi connectivity index (χ3v) is 7.57. The van der Waals surface area contributed by atoms with Crippen molar-refractivity contribution in [2.24, 2.45) is 10.9 Å². The summed E-state index contributed by atoms with van der Waals surface area (Å²) >= 11 is 0. The number of aromatic hydroxyl groups is 1. The van der Waals surface area contributed by atoms with Crippen LogP contribution in [0.5, 0.6) is 5.75 Å². The first-order valence-electron chi connectivity index (χ1n) is 14.1. The molecule has 0 aromatic heterocycles. The predicted molar refractivity (Wildman–Crippen MR) is 147 cm³/mol. The number of likely N-dealkylation sites (tertiary alicyclic amines) is 1. The number of benzene rings is 1. The van der Waals surface area contributed by atoms with Gasteiger partial charge in [0.2, 0.25) is 0 Å². The molecule has 2 heterocycles. The van der Waals surface area contributed by atoms with Crippen molar-refractivity contribution in [1.82, 2.24) is 4.90 Å². The average molecular weight is 524 g/mol. The molecule has 1 saturated heterocycles. The summed E-state index contributed by atoms with van der Waals surface area (Å²) < 4.78 is 5.99. The van der Waals surface area contributed by atoms with Crippen molar-refractivity contribution in [1.29, 1.82) is 0 Å². The highest BCUT2D eigenvalue weighted by Crippen LogP contribution is 2.41. The minimum absolute atomic E-state index is 0.0658. The molecule has 3 N–H and O–H groups in total. The zero-order valence-corrected chi connectivity index (χ0v) is 22.3. The zero-order chi connectivity index (χ0) is 26.7. The normalized spacial score (nSPS) is 24.0. The largest absolute Gasteiger partial charge is 0.508 e. The molecule has 206 valence electrons. The Morgan fingerprint density at radius 3 is 2.63 bits per heavy atom. The van der Waals surface area contributed by atoms with Crippen LogP contribution in [0.15, 0.2) is 41.6 Å². The molecule has 1 unspecified atom stereocenters. The van der Waals surface area contributed by atoms with Gasteiger partial charge in [0.05, 0.1) is 11.3 Å². The lowest BCUT2D eigenvalue weighted by Crippen LogP contribution is -2.37. The summed E-state index contributed by atoms with van der Waals surface area (Å²) in [4.78, 5) is 33.5. The van der Waals surface area contributed by atoms with Crippen LogP contribution in [0.4, 0.5) is 0 Å². The average Bonchev–Trinajstić information content (AvgIpc) is 2.86. The summed E-state index contributed by atoms with van der Waals surface area (Å²) in [7, 11) is 0. The number of phenolic OH excluding ortho intramolecular Hbond substituents is 1. The van der Waals surface area contributed by atoms with Gasteiger partial charge in [-0.2, -0.15) is 0 Å². The first kappa shape index (κ1) is 27.9. The number of esters is 1. The number of allylic oxidation sites excluding steroid dienone is 3. The van der Waals surface area contributed by atoms with E-state index in [4.69, 9.17) is 15.3 Å². The van der Waals surface area contributed by atoms with E-state index in [0.717, 1.165) is 70.0 Å². The Labute approximate surface area is 225 Å². The molecule has 0 radical (unpaired) electrons. The smallest absolute Gasteiger partial charge is 0.339 e. The number of fused-ring (bicyclic) bond motifs is 1. The van der Waals surface area contributed by atoms with Crippen LogP contribution in [0.3, 0.4) is 0 Å². The molecule has 8 heteroatoms. The molecule has 1 amide bonds. The van der Waals surface area contributed by atoms with Crippen LogP contribution in [-0.2, 0) is 20.8 Å². The summed E-state index contributed by atoms with van der Waals surface area (Å²) in [6.07, 6.45) is 17.1.